The molecule has 0 aliphatic carbocycles. The molecule has 0 radical (unpaired) electrons. The van der Waals surface area contributed by atoms with Crippen LogP contribution in [0.1, 0.15) is 155 Å². The Labute approximate surface area is 342 Å². The Kier molecular flexibility index (Phi) is 43.6. The molecule has 2 saturated heterocycles. The van der Waals surface area contributed by atoms with Gasteiger partial charge in [0.2, 0.25) is 0 Å². The molecule has 0 spiro atoms. The van der Waals surface area contributed by atoms with Gasteiger partial charge in [-0.05, 0) is 12.8 Å². The first-order valence-electron chi connectivity index (χ1n) is 22.5. The molecule has 2 heterocycles. The third-order valence-electron chi connectivity index (χ3n) is 9.88. The van der Waals surface area contributed by atoms with E-state index < -0.39 is 17.4 Å². The second kappa shape index (κ2) is 44.7. The molecule has 0 aromatic heterocycles. The average Bonchev–Trinajstić information content (AvgIpc) is 3.19. The minimum atomic E-state index is -1.35. The van der Waals surface area contributed by atoms with Crippen molar-refractivity contribution >= 4 is 11.9 Å². The fourth-order valence-corrected chi connectivity index (χ4v) is 6.41. The third kappa shape index (κ3) is 35.8. The van der Waals surface area contributed by atoms with Crippen molar-refractivity contribution in [2.75, 3.05) is 113 Å². The molecule has 0 aromatic carbocycles. The zero-order valence-corrected chi connectivity index (χ0v) is 36.3. The summed E-state index contributed by atoms with van der Waals surface area (Å²) in [6, 6.07) is 0. The van der Waals surface area contributed by atoms with Gasteiger partial charge in [-0.3, -0.25) is 9.59 Å². The van der Waals surface area contributed by atoms with E-state index in [9.17, 15) is 14.7 Å². The van der Waals surface area contributed by atoms with Crippen molar-refractivity contribution < 1.29 is 57.3 Å². The summed E-state index contributed by atoms with van der Waals surface area (Å²) in [5.74, 6) is -1.56. The highest BCUT2D eigenvalue weighted by Gasteiger charge is 2.46. The average molecular weight is 807 g/mol. The number of hydrogen-bond donors (Lipinski definition) is 1. The van der Waals surface area contributed by atoms with Crippen LogP contribution in [0.3, 0.4) is 0 Å². The van der Waals surface area contributed by atoms with E-state index in [0.717, 1.165) is 38.5 Å². The number of aliphatic carboxylic acids is 1. The Balaban J connectivity index is 0.00000101. The first kappa shape index (κ1) is 54.6. The fraction of sp³-hybridized carbons (Fsp3) is 0.955. The van der Waals surface area contributed by atoms with Crippen molar-refractivity contribution in [2.45, 2.75) is 155 Å². The van der Waals surface area contributed by atoms with E-state index in [-0.39, 0.29) is 0 Å². The van der Waals surface area contributed by atoms with Crippen LogP contribution in [-0.4, -0.2) is 130 Å². The van der Waals surface area contributed by atoms with E-state index in [1.165, 1.54) is 97.0 Å². The van der Waals surface area contributed by atoms with Gasteiger partial charge in [-0.15, -0.1) is 0 Å². The van der Waals surface area contributed by atoms with Crippen LogP contribution < -0.4 is 0 Å². The summed E-state index contributed by atoms with van der Waals surface area (Å²) in [5, 5.41) is 9.91. The molecular formula is C44H86O12. The fourth-order valence-electron chi connectivity index (χ4n) is 6.41. The number of carboxylic acid groups (broad SMARTS) is 1. The van der Waals surface area contributed by atoms with Crippen molar-refractivity contribution in [1.29, 1.82) is 0 Å². The van der Waals surface area contributed by atoms with Crippen LogP contribution >= 0.6 is 0 Å². The lowest BCUT2D eigenvalue weighted by Gasteiger charge is -2.26. The van der Waals surface area contributed by atoms with Crippen LogP contribution in [-0.2, 0) is 52.2 Å². The molecule has 1 N–H and O–H groups in total. The van der Waals surface area contributed by atoms with E-state index >= 15 is 0 Å². The lowest BCUT2D eigenvalue weighted by Crippen LogP contribution is -2.40. The van der Waals surface area contributed by atoms with Gasteiger partial charge in [0.05, 0.1) is 113 Å². The number of hydrogen-bond acceptors (Lipinski definition) is 11. The van der Waals surface area contributed by atoms with Crippen molar-refractivity contribution in [1.82, 2.24) is 0 Å². The molecule has 334 valence electrons. The molecule has 2 aliphatic heterocycles. The molecule has 12 heteroatoms. The number of carboxylic acids is 1. The molecule has 2 fully saturated rings. The molecule has 0 amide bonds. The van der Waals surface area contributed by atoms with Gasteiger partial charge in [-0.1, -0.05) is 142 Å². The predicted molar refractivity (Wildman–Crippen MR) is 222 cm³/mol. The Morgan fingerprint density at radius 3 is 0.768 bits per heavy atom. The monoisotopic (exact) mass is 807 g/mol. The first-order valence-corrected chi connectivity index (χ1v) is 22.5. The van der Waals surface area contributed by atoms with Gasteiger partial charge in [0.15, 0.2) is 5.41 Å². The van der Waals surface area contributed by atoms with Crippen molar-refractivity contribution in [3.63, 3.8) is 0 Å². The van der Waals surface area contributed by atoms with Crippen molar-refractivity contribution in [3.8, 4) is 0 Å². The van der Waals surface area contributed by atoms with Crippen LogP contribution in [0.4, 0.5) is 0 Å². The number of unbranched alkanes of at least 4 members (excludes halogenated alkanes) is 18. The van der Waals surface area contributed by atoms with Crippen molar-refractivity contribution in [3.05, 3.63) is 0 Å². The normalized spacial score (nSPS) is 16.9. The number of carbonyl (C=O) groups is 2. The van der Waals surface area contributed by atoms with Crippen molar-refractivity contribution in [2.24, 2.45) is 5.41 Å². The van der Waals surface area contributed by atoms with Gasteiger partial charge in [-0.25, -0.2) is 0 Å². The standard InChI is InChI=1S/C28H54O4.2C8H16O4/c1-4-6-8-10-12-14-16-18-20-22-24-28(26(29)30,27(31)32-3)25-23-21-19-17-15-13-11-9-7-5-2;2*1-2-10-5-6-12-8-7-11-4-3-9-1/h4-25H2,1-3H3,(H,29,30);2*1-8H2. The van der Waals surface area contributed by atoms with E-state index in [1.54, 1.807) is 0 Å². The molecular weight excluding hydrogens is 720 g/mol. The Hall–Kier alpha value is -1.38. The van der Waals surface area contributed by atoms with Gasteiger partial charge >= 0.3 is 11.9 Å². The van der Waals surface area contributed by atoms with E-state index in [0.29, 0.717) is 119 Å². The third-order valence-corrected chi connectivity index (χ3v) is 9.88. The van der Waals surface area contributed by atoms with Gasteiger partial charge in [0.25, 0.3) is 0 Å². The quantitative estimate of drug-likeness (QED) is 0.0566. The molecule has 2 aliphatic rings. The smallest absolute Gasteiger partial charge is 0.323 e. The Morgan fingerprint density at radius 2 is 0.589 bits per heavy atom. The van der Waals surface area contributed by atoms with Crippen LogP contribution in [0.25, 0.3) is 0 Å². The summed E-state index contributed by atoms with van der Waals surface area (Å²) in [6.07, 6.45) is 24.8. The second-order valence-electron chi connectivity index (χ2n) is 14.6. The largest absolute Gasteiger partial charge is 0.480 e. The summed E-state index contributed by atoms with van der Waals surface area (Å²) in [7, 11) is 1.32. The maximum Gasteiger partial charge on any atom is 0.323 e. The Morgan fingerprint density at radius 1 is 0.393 bits per heavy atom. The van der Waals surface area contributed by atoms with Crippen LogP contribution in [0.5, 0.6) is 0 Å². The predicted octanol–water partition coefficient (Wildman–Crippen LogP) is 8.99. The topological polar surface area (TPSA) is 137 Å². The number of esters is 1. The lowest BCUT2D eigenvalue weighted by atomic mass is 9.77. The molecule has 0 aromatic rings. The second-order valence-corrected chi connectivity index (χ2v) is 14.6. The van der Waals surface area contributed by atoms with Crippen LogP contribution in [0.2, 0.25) is 0 Å². The lowest BCUT2D eigenvalue weighted by molar-refractivity contribution is -0.168. The van der Waals surface area contributed by atoms with Gasteiger partial charge in [0, 0.05) is 0 Å². The van der Waals surface area contributed by atoms with Crippen LogP contribution in [0, 0.1) is 5.41 Å². The maximum atomic E-state index is 12.5. The number of carbonyl (C=O) groups excluding carboxylic acids is 1. The maximum absolute atomic E-state index is 12.5. The molecule has 0 atom stereocenters. The summed E-state index contributed by atoms with van der Waals surface area (Å²) >= 11 is 0. The van der Waals surface area contributed by atoms with E-state index in [1.807, 2.05) is 0 Å². The van der Waals surface area contributed by atoms with E-state index in [2.05, 4.69) is 13.8 Å². The summed E-state index contributed by atoms with van der Waals surface area (Å²) in [6.45, 7) is 14.8. The highest BCUT2D eigenvalue weighted by atomic mass is 16.6. The molecule has 0 saturated carbocycles. The molecule has 12 nitrogen and oxygen atoms in total. The zero-order chi connectivity index (χ0) is 40.9. The highest BCUT2D eigenvalue weighted by Crippen LogP contribution is 2.34. The number of rotatable bonds is 24. The van der Waals surface area contributed by atoms with Gasteiger partial charge in [0.1, 0.15) is 0 Å². The van der Waals surface area contributed by atoms with E-state index in [4.69, 9.17) is 42.6 Å². The summed E-state index contributed by atoms with van der Waals surface area (Å²) in [5.41, 5.74) is -1.35. The van der Waals surface area contributed by atoms with Crippen LogP contribution in [0.15, 0.2) is 0 Å². The highest BCUT2D eigenvalue weighted by molar-refractivity contribution is 5.99. The molecule has 0 bridgehead atoms. The zero-order valence-electron chi connectivity index (χ0n) is 36.3. The molecule has 2 rings (SSSR count). The Bertz CT molecular complexity index is 681. The number of methoxy groups -OCH3 is 1. The number of ether oxygens (including phenoxy) is 9. The van der Waals surface area contributed by atoms with Gasteiger partial charge in [-0.2, -0.15) is 0 Å². The summed E-state index contributed by atoms with van der Waals surface area (Å²) < 4.78 is 46.7. The first-order chi connectivity index (χ1) is 27.5. The molecule has 56 heavy (non-hydrogen) atoms. The SMILES string of the molecule is C1COCCOCCOCCO1.C1COCCOCCOCCO1.CCCCCCCCCCCCC(CCCCCCCCCCCC)(C(=O)O)C(=O)OC. The van der Waals surface area contributed by atoms with Gasteiger partial charge < -0.3 is 47.7 Å². The molecule has 0 unspecified atom stereocenters. The minimum absolute atomic E-state index is 0.406. The minimum Gasteiger partial charge on any atom is -0.480 e. The summed E-state index contributed by atoms with van der Waals surface area (Å²) in [4.78, 5) is 24.6.